The molecule has 5 amide bonds. The predicted molar refractivity (Wildman–Crippen MR) is 137 cm³/mol. The lowest BCUT2D eigenvalue weighted by Gasteiger charge is -2.24. The molecular formula is C21H37N9O10. The van der Waals surface area contributed by atoms with Crippen molar-refractivity contribution in [3.05, 3.63) is 0 Å². The highest BCUT2D eigenvalue weighted by Gasteiger charge is 2.31. The van der Waals surface area contributed by atoms with E-state index in [0.717, 1.165) is 0 Å². The van der Waals surface area contributed by atoms with E-state index in [2.05, 4.69) is 20.9 Å². The number of carboxylic acids is 2. The summed E-state index contributed by atoms with van der Waals surface area (Å²) < 4.78 is 0. The van der Waals surface area contributed by atoms with Crippen molar-refractivity contribution in [3.63, 3.8) is 0 Å². The van der Waals surface area contributed by atoms with Gasteiger partial charge >= 0.3 is 11.9 Å². The highest BCUT2D eigenvalue weighted by Crippen LogP contribution is 2.03. The Balaban J connectivity index is 5.37. The van der Waals surface area contributed by atoms with Crippen molar-refractivity contribution in [2.45, 2.75) is 69.2 Å². The van der Waals surface area contributed by atoms with Gasteiger partial charge in [0.2, 0.25) is 29.5 Å². The Morgan fingerprint density at radius 2 is 1.32 bits per heavy atom. The fourth-order valence-corrected chi connectivity index (χ4v) is 3.01. The molecule has 0 aromatic carbocycles. The summed E-state index contributed by atoms with van der Waals surface area (Å²) in [5.41, 5.74) is 21.3. The van der Waals surface area contributed by atoms with Gasteiger partial charge in [-0.15, -0.1) is 0 Å². The van der Waals surface area contributed by atoms with Gasteiger partial charge in [-0.05, 0) is 26.2 Å². The molecule has 0 spiro atoms. The van der Waals surface area contributed by atoms with Crippen molar-refractivity contribution in [3.8, 4) is 0 Å². The van der Waals surface area contributed by atoms with Gasteiger partial charge in [-0.1, -0.05) is 0 Å². The van der Waals surface area contributed by atoms with E-state index in [4.69, 9.17) is 38.3 Å². The van der Waals surface area contributed by atoms with E-state index in [9.17, 15) is 33.6 Å². The number of aliphatic imine (C=N–C) groups is 1. The standard InChI is InChI=1S/C21H37N9O10/c1-9(16(35)29-12(7-14(23)32)19(38)30-13(8-31)20(39)40)27-18(37)11(4-5-15(33)34)28-17(36)10(22)3-2-6-26-21(24)25/h9-13,31H,2-8,22H2,1H3,(H2,23,32)(H,27,37)(H,28,36)(H,29,35)(H,30,38)(H,33,34)(H,39,40)(H4,24,25,26)/t9-,10-,11-,12-,13-/m0/s1. The van der Waals surface area contributed by atoms with E-state index < -0.39 is 91.1 Å². The Bertz CT molecular complexity index is 971. The van der Waals surface area contributed by atoms with Crippen LogP contribution in [0.4, 0.5) is 0 Å². The number of primary amides is 1. The number of aliphatic carboxylic acids is 2. The van der Waals surface area contributed by atoms with Crippen LogP contribution in [0.25, 0.3) is 0 Å². The zero-order chi connectivity index (χ0) is 31.0. The van der Waals surface area contributed by atoms with Crippen LogP contribution in [-0.2, 0) is 33.6 Å². The summed E-state index contributed by atoms with van der Waals surface area (Å²) in [6.07, 6.45) is -1.14. The fraction of sp³-hybridized carbons (Fsp3) is 0.619. The number of amides is 5. The van der Waals surface area contributed by atoms with Gasteiger partial charge < -0.3 is 59.5 Å². The SMILES string of the molecule is C[C@H](NC(=O)[C@H](CCC(=O)O)NC(=O)[C@@H](N)CCCN=C(N)N)C(=O)N[C@@H](CC(N)=O)C(=O)N[C@@H](CO)C(=O)O. The number of aliphatic hydroxyl groups is 1. The summed E-state index contributed by atoms with van der Waals surface area (Å²) >= 11 is 0. The maximum Gasteiger partial charge on any atom is 0.328 e. The number of carboxylic acid groups (broad SMARTS) is 2. The average molecular weight is 576 g/mol. The molecule has 0 aliphatic carbocycles. The van der Waals surface area contributed by atoms with Crippen LogP contribution in [0.3, 0.4) is 0 Å². The second kappa shape index (κ2) is 17.9. The van der Waals surface area contributed by atoms with Crippen molar-refractivity contribution < 1.29 is 48.9 Å². The van der Waals surface area contributed by atoms with Crippen molar-refractivity contribution in [2.24, 2.45) is 27.9 Å². The van der Waals surface area contributed by atoms with Crippen LogP contribution < -0.4 is 44.2 Å². The van der Waals surface area contributed by atoms with Crippen molar-refractivity contribution >= 4 is 47.4 Å². The lowest BCUT2D eigenvalue weighted by atomic mass is 10.1. The number of guanidine groups is 1. The van der Waals surface area contributed by atoms with E-state index >= 15 is 0 Å². The Labute approximate surface area is 228 Å². The minimum Gasteiger partial charge on any atom is -0.481 e. The van der Waals surface area contributed by atoms with Crippen LogP contribution in [0.2, 0.25) is 0 Å². The molecule has 0 aliphatic rings. The number of nitrogens with two attached hydrogens (primary N) is 4. The number of hydrogen-bond acceptors (Lipinski definition) is 10. The van der Waals surface area contributed by atoms with Gasteiger partial charge in [-0.3, -0.25) is 33.8 Å². The number of aliphatic hydroxyl groups excluding tert-OH is 1. The molecule has 0 fully saturated rings. The minimum atomic E-state index is -1.73. The van der Waals surface area contributed by atoms with E-state index in [1.54, 1.807) is 0 Å². The van der Waals surface area contributed by atoms with Crippen LogP contribution in [-0.4, -0.2) is 106 Å². The van der Waals surface area contributed by atoms with Crippen molar-refractivity contribution in [1.29, 1.82) is 0 Å². The van der Waals surface area contributed by atoms with Crippen molar-refractivity contribution in [1.82, 2.24) is 21.3 Å². The van der Waals surface area contributed by atoms with E-state index in [1.807, 2.05) is 5.32 Å². The van der Waals surface area contributed by atoms with Crippen LogP contribution in [0.5, 0.6) is 0 Å². The summed E-state index contributed by atoms with van der Waals surface area (Å²) in [4.78, 5) is 87.4. The van der Waals surface area contributed by atoms with E-state index in [1.165, 1.54) is 6.92 Å². The third kappa shape index (κ3) is 14.4. The molecule has 0 heterocycles. The molecule has 226 valence electrons. The first kappa shape index (κ1) is 35.5. The van der Waals surface area contributed by atoms with Crippen LogP contribution in [0.1, 0.15) is 39.0 Å². The molecule has 40 heavy (non-hydrogen) atoms. The third-order valence-corrected chi connectivity index (χ3v) is 5.17. The molecule has 19 nitrogen and oxygen atoms in total. The molecule has 19 heteroatoms. The molecule has 0 saturated carbocycles. The van der Waals surface area contributed by atoms with Crippen LogP contribution in [0, 0.1) is 0 Å². The number of carbonyl (C=O) groups excluding carboxylic acids is 5. The van der Waals surface area contributed by atoms with E-state index in [-0.39, 0.29) is 25.3 Å². The quantitative estimate of drug-likeness (QED) is 0.0388. The number of nitrogens with zero attached hydrogens (tertiary/aromatic N) is 1. The zero-order valence-corrected chi connectivity index (χ0v) is 21.8. The minimum absolute atomic E-state index is 0.136. The third-order valence-electron chi connectivity index (χ3n) is 5.17. The number of nitrogens with one attached hydrogen (secondary N) is 4. The Kier molecular flexibility index (Phi) is 15.9. The number of hydrogen-bond donors (Lipinski definition) is 11. The van der Waals surface area contributed by atoms with Gasteiger partial charge in [0.1, 0.15) is 24.2 Å². The topological polar surface area (TPSA) is 345 Å². The van der Waals surface area contributed by atoms with Gasteiger partial charge in [0.25, 0.3) is 0 Å². The second-order valence-corrected chi connectivity index (χ2v) is 8.59. The Morgan fingerprint density at radius 3 is 1.82 bits per heavy atom. The maximum atomic E-state index is 12.8. The van der Waals surface area contributed by atoms with E-state index in [0.29, 0.717) is 6.42 Å². The average Bonchev–Trinajstić information content (AvgIpc) is 2.85. The molecule has 0 aromatic heterocycles. The highest BCUT2D eigenvalue weighted by atomic mass is 16.4. The molecule has 0 saturated heterocycles. The second-order valence-electron chi connectivity index (χ2n) is 8.59. The molecule has 15 N–H and O–H groups in total. The smallest absolute Gasteiger partial charge is 0.328 e. The fourth-order valence-electron chi connectivity index (χ4n) is 3.01. The molecule has 0 aliphatic heterocycles. The molecule has 0 unspecified atom stereocenters. The molecule has 0 rings (SSSR count). The first-order valence-corrected chi connectivity index (χ1v) is 11.9. The maximum absolute atomic E-state index is 12.8. The zero-order valence-electron chi connectivity index (χ0n) is 21.8. The van der Waals surface area contributed by atoms with Gasteiger partial charge in [-0.2, -0.15) is 0 Å². The molecule has 0 radical (unpaired) electrons. The Morgan fingerprint density at radius 1 is 0.775 bits per heavy atom. The Hall–Kier alpha value is -4.52. The molecule has 0 aromatic rings. The number of rotatable bonds is 19. The van der Waals surface area contributed by atoms with Gasteiger partial charge in [-0.25, -0.2) is 4.79 Å². The normalized spacial score (nSPS) is 14.3. The monoisotopic (exact) mass is 575 g/mol. The largest absolute Gasteiger partial charge is 0.481 e. The summed E-state index contributed by atoms with van der Waals surface area (Å²) in [6.45, 7) is 0.407. The highest BCUT2D eigenvalue weighted by molar-refractivity contribution is 5.96. The molecule has 0 bridgehead atoms. The summed E-state index contributed by atoms with van der Waals surface area (Å²) in [5, 5.41) is 35.7. The van der Waals surface area contributed by atoms with Crippen LogP contribution in [0.15, 0.2) is 4.99 Å². The molecular weight excluding hydrogens is 538 g/mol. The summed E-state index contributed by atoms with van der Waals surface area (Å²) in [6, 6.07) is -7.27. The van der Waals surface area contributed by atoms with Gasteiger partial charge in [0.05, 0.1) is 19.1 Å². The van der Waals surface area contributed by atoms with Gasteiger partial charge in [0, 0.05) is 13.0 Å². The van der Waals surface area contributed by atoms with Crippen molar-refractivity contribution in [2.75, 3.05) is 13.2 Å². The van der Waals surface area contributed by atoms with Gasteiger partial charge in [0.15, 0.2) is 5.96 Å². The first-order valence-electron chi connectivity index (χ1n) is 11.9. The lowest BCUT2D eigenvalue weighted by molar-refractivity contribution is -0.143. The van der Waals surface area contributed by atoms with Crippen LogP contribution >= 0.6 is 0 Å². The predicted octanol–water partition coefficient (Wildman–Crippen LogP) is -5.86. The summed E-state index contributed by atoms with van der Waals surface area (Å²) in [5.74, 6) is -7.89. The first-order chi connectivity index (χ1) is 18.6. The lowest BCUT2D eigenvalue weighted by Crippen LogP contribution is -2.58. The molecule has 5 atom stereocenters. The summed E-state index contributed by atoms with van der Waals surface area (Å²) in [7, 11) is 0. The number of carbonyl (C=O) groups is 7.